The number of nitrogens with one attached hydrogen (secondary N) is 2. The Morgan fingerprint density at radius 1 is 1.04 bits per heavy atom. The third kappa shape index (κ3) is 5.38. The van der Waals surface area contributed by atoms with Crippen LogP contribution in [0.5, 0.6) is 0 Å². The van der Waals surface area contributed by atoms with Crippen LogP contribution in [0.2, 0.25) is 0 Å². The standard InChI is InChI=1S/C19H20F2N2O2/c1-12-5-8-17(13(2)10-12)23-18(24)4-3-9-22-19(25)15-7-6-14(20)11-16(15)21/h5-8,10-11H,3-4,9H2,1-2H3,(H,22,25)(H,23,24). The molecule has 0 radical (unpaired) electrons. The quantitative estimate of drug-likeness (QED) is 0.783. The molecule has 0 atom stereocenters. The van der Waals surface area contributed by atoms with Crippen LogP contribution in [0.25, 0.3) is 0 Å². The highest BCUT2D eigenvalue weighted by atomic mass is 19.1. The maximum Gasteiger partial charge on any atom is 0.254 e. The van der Waals surface area contributed by atoms with E-state index in [9.17, 15) is 18.4 Å². The van der Waals surface area contributed by atoms with Crippen LogP contribution in [0.4, 0.5) is 14.5 Å². The van der Waals surface area contributed by atoms with E-state index in [2.05, 4.69) is 10.6 Å². The van der Waals surface area contributed by atoms with Crippen LogP contribution in [-0.2, 0) is 4.79 Å². The average Bonchev–Trinajstić information content (AvgIpc) is 2.54. The van der Waals surface area contributed by atoms with E-state index in [1.165, 1.54) is 0 Å². The fourth-order valence-electron chi connectivity index (χ4n) is 2.39. The summed E-state index contributed by atoms with van der Waals surface area (Å²) in [5, 5.41) is 5.34. The topological polar surface area (TPSA) is 58.2 Å². The van der Waals surface area contributed by atoms with Gasteiger partial charge in [-0.1, -0.05) is 17.7 Å². The fourth-order valence-corrected chi connectivity index (χ4v) is 2.39. The number of anilines is 1. The molecule has 0 aliphatic rings. The molecule has 2 N–H and O–H groups in total. The third-order valence-electron chi connectivity index (χ3n) is 3.70. The first kappa shape index (κ1) is 18.6. The van der Waals surface area contributed by atoms with E-state index in [0.717, 1.165) is 28.9 Å². The van der Waals surface area contributed by atoms with Crippen LogP contribution < -0.4 is 10.6 Å². The number of hydrogen-bond donors (Lipinski definition) is 2. The Balaban J connectivity index is 1.76. The molecule has 0 heterocycles. The number of carbonyl (C=O) groups is 2. The summed E-state index contributed by atoms with van der Waals surface area (Å²) in [6.07, 6.45) is 0.630. The number of rotatable bonds is 6. The van der Waals surface area contributed by atoms with Crippen LogP contribution in [-0.4, -0.2) is 18.4 Å². The van der Waals surface area contributed by atoms with Crippen molar-refractivity contribution in [2.45, 2.75) is 26.7 Å². The number of benzene rings is 2. The molecule has 6 heteroatoms. The molecule has 0 unspecified atom stereocenters. The minimum atomic E-state index is -0.912. The summed E-state index contributed by atoms with van der Waals surface area (Å²) < 4.78 is 26.3. The normalized spacial score (nSPS) is 10.4. The molecule has 0 fully saturated rings. The molecule has 132 valence electrons. The van der Waals surface area contributed by atoms with Crippen LogP contribution in [0, 0.1) is 25.5 Å². The second-order valence-electron chi connectivity index (χ2n) is 5.85. The summed E-state index contributed by atoms with van der Waals surface area (Å²) >= 11 is 0. The molecule has 0 aliphatic carbocycles. The molecule has 2 amide bonds. The van der Waals surface area contributed by atoms with Gasteiger partial charge in [0.25, 0.3) is 5.91 Å². The van der Waals surface area contributed by atoms with E-state index in [4.69, 9.17) is 0 Å². The number of hydrogen-bond acceptors (Lipinski definition) is 2. The highest BCUT2D eigenvalue weighted by Gasteiger charge is 2.12. The molecule has 0 aromatic heterocycles. The van der Waals surface area contributed by atoms with Gasteiger partial charge in [0, 0.05) is 24.7 Å². The van der Waals surface area contributed by atoms with Crippen molar-refractivity contribution in [2.75, 3.05) is 11.9 Å². The van der Waals surface area contributed by atoms with E-state index < -0.39 is 17.5 Å². The molecule has 0 aliphatic heterocycles. The maximum absolute atomic E-state index is 13.5. The zero-order valence-corrected chi connectivity index (χ0v) is 14.2. The molecule has 0 spiro atoms. The molecule has 2 aromatic rings. The Bertz CT molecular complexity index is 791. The van der Waals surface area contributed by atoms with Gasteiger partial charge in [0.05, 0.1) is 5.56 Å². The maximum atomic E-state index is 13.5. The first-order valence-electron chi connectivity index (χ1n) is 7.97. The van der Waals surface area contributed by atoms with Gasteiger partial charge in [-0.15, -0.1) is 0 Å². The zero-order valence-electron chi connectivity index (χ0n) is 14.2. The van der Waals surface area contributed by atoms with E-state index in [-0.39, 0.29) is 24.4 Å². The SMILES string of the molecule is Cc1ccc(NC(=O)CCCNC(=O)c2ccc(F)cc2F)c(C)c1. The Kier molecular flexibility index (Phi) is 6.22. The van der Waals surface area contributed by atoms with Gasteiger partial charge in [0.15, 0.2) is 0 Å². The zero-order chi connectivity index (χ0) is 18.4. The lowest BCUT2D eigenvalue weighted by Gasteiger charge is -2.09. The van der Waals surface area contributed by atoms with Gasteiger partial charge in [-0.3, -0.25) is 9.59 Å². The lowest BCUT2D eigenvalue weighted by atomic mass is 10.1. The molecule has 25 heavy (non-hydrogen) atoms. The van der Waals surface area contributed by atoms with Crippen molar-refractivity contribution < 1.29 is 18.4 Å². The van der Waals surface area contributed by atoms with Crippen LogP contribution >= 0.6 is 0 Å². The van der Waals surface area contributed by atoms with Gasteiger partial charge in [0.1, 0.15) is 11.6 Å². The molecule has 2 aromatic carbocycles. The molecular weight excluding hydrogens is 326 g/mol. The first-order valence-corrected chi connectivity index (χ1v) is 7.97. The Morgan fingerprint density at radius 2 is 1.80 bits per heavy atom. The van der Waals surface area contributed by atoms with Crippen molar-refractivity contribution >= 4 is 17.5 Å². The fraction of sp³-hybridized carbons (Fsp3) is 0.263. The van der Waals surface area contributed by atoms with Crippen molar-refractivity contribution in [1.29, 1.82) is 0 Å². The average molecular weight is 346 g/mol. The first-order chi connectivity index (χ1) is 11.9. The van der Waals surface area contributed by atoms with Crippen molar-refractivity contribution in [3.05, 3.63) is 64.7 Å². The number of halogens is 2. The summed E-state index contributed by atoms with van der Waals surface area (Å²) in [6.45, 7) is 4.11. The lowest BCUT2D eigenvalue weighted by Crippen LogP contribution is -2.26. The second-order valence-corrected chi connectivity index (χ2v) is 5.85. The highest BCUT2D eigenvalue weighted by molar-refractivity contribution is 5.94. The van der Waals surface area contributed by atoms with Crippen molar-refractivity contribution in [1.82, 2.24) is 5.32 Å². The summed E-state index contributed by atoms with van der Waals surface area (Å²) in [6, 6.07) is 8.52. The summed E-state index contributed by atoms with van der Waals surface area (Å²) in [4.78, 5) is 23.7. The van der Waals surface area contributed by atoms with Gasteiger partial charge >= 0.3 is 0 Å². The number of amides is 2. The minimum absolute atomic E-state index is 0.158. The number of aryl methyl sites for hydroxylation is 2. The van der Waals surface area contributed by atoms with Gasteiger partial charge in [0.2, 0.25) is 5.91 Å². The predicted octanol–water partition coefficient (Wildman–Crippen LogP) is 3.73. The van der Waals surface area contributed by atoms with E-state index in [0.29, 0.717) is 12.5 Å². The Labute approximate surface area is 145 Å². The smallest absolute Gasteiger partial charge is 0.254 e. The van der Waals surface area contributed by atoms with E-state index >= 15 is 0 Å². The molecule has 0 saturated heterocycles. The second kappa shape index (κ2) is 8.37. The molecule has 2 rings (SSSR count). The van der Waals surface area contributed by atoms with Crippen molar-refractivity contribution in [2.24, 2.45) is 0 Å². The summed E-state index contributed by atoms with van der Waals surface area (Å²) in [5.74, 6) is -2.44. The van der Waals surface area contributed by atoms with Crippen molar-refractivity contribution in [3.8, 4) is 0 Å². The van der Waals surface area contributed by atoms with Crippen LogP contribution in [0.3, 0.4) is 0 Å². The molecule has 4 nitrogen and oxygen atoms in total. The largest absolute Gasteiger partial charge is 0.352 e. The number of carbonyl (C=O) groups excluding carboxylic acids is 2. The van der Waals surface area contributed by atoms with Gasteiger partial charge < -0.3 is 10.6 Å². The monoisotopic (exact) mass is 346 g/mol. The molecule has 0 bridgehead atoms. The summed E-state index contributed by atoms with van der Waals surface area (Å²) in [5.41, 5.74) is 2.63. The van der Waals surface area contributed by atoms with Gasteiger partial charge in [-0.2, -0.15) is 0 Å². The predicted molar refractivity (Wildman–Crippen MR) is 92.5 cm³/mol. The molecular formula is C19H20F2N2O2. The lowest BCUT2D eigenvalue weighted by molar-refractivity contribution is -0.116. The van der Waals surface area contributed by atoms with E-state index in [1.54, 1.807) is 0 Å². The summed E-state index contributed by atoms with van der Waals surface area (Å²) in [7, 11) is 0. The van der Waals surface area contributed by atoms with Crippen LogP contribution in [0.1, 0.15) is 34.3 Å². The van der Waals surface area contributed by atoms with E-state index in [1.807, 2.05) is 32.0 Å². The highest BCUT2D eigenvalue weighted by Crippen LogP contribution is 2.16. The van der Waals surface area contributed by atoms with Crippen LogP contribution in [0.15, 0.2) is 36.4 Å². The van der Waals surface area contributed by atoms with Crippen molar-refractivity contribution in [3.63, 3.8) is 0 Å². The Hall–Kier alpha value is -2.76. The minimum Gasteiger partial charge on any atom is -0.352 e. The van der Waals surface area contributed by atoms with Gasteiger partial charge in [-0.05, 0) is 44.0 Å². The van der Waals surface area contributed by atoms with Gasteiger partial charge in [-0.25, -0.2) is 8.78 Å². The Morgan fingerprint density at radius 3 is 2.48 bits per heavy atom. The third-order valence-corrected chi connectivity index (χ3v) is 3.70. The molecule has 0 saturated carbocycles.